The Balaban J connectivity index is 2.76. The van der Waals surface area contributed by atoms with Crippen molar-refractivity contribution in [2.24, 2.45) is 0 Å². The first kappa shape index (κ1) is 11.7. The first-order chi connectivity index (χ1) is 6.37. The van der Waals surface area contributed by atoms with Crippen LogP contribution in [-0.2, 0) is 14.6 Å². The van der Waals surface area contributed by atoms with Crippen LogP contribution in [0.15, 0.2) is 0 Å². The lowest BCUT2D eigenvalue weighted by Crippen LogP contribution is -2.44. The first-order valence-electron chi connectivity index (χ1n) is 4.07. The van der Waals surface area contributed by atoms with Gasteiger partial charge >= 0.3 is 0 Å². The Labute approximate surface area is 87.6 Å². The maximum Gasteiger partial charge on any atom is 0.237 e. The first-order valence-corrected chi connectivity index (χ1v) is 6.43. The average Bonchev–Trinajstić information content (AvgIpc) is 2.37. The maximum absolute atomic E-state index is 11.1. The summed E-state index contributed by atoms with van der Waals surface area (Å²) in [5.41, 5.74) is 0. The third kappa shape index (κ3) is 2.37. The van der Waals surface area contributed by atoms with Crippen molar-refractivity contribution in [3.8, 4) is 0 Å². The number of likely N-dealkylation sites (N-methyl/N-ethyl adjacent to an activating group) is 1. The topological polar surface area (TPSA) is 74.7 Å². The van der Waals surface area contributed by atoms with Gasteiger partial charge < -0.3 is 10.0 Å². The lowest BCUT2D eigenvalue weighted by Gasteiger charge is -2.25. The van der Waals surface area contributed by atoms with Crippen molar-refractivity contribution in [1.82, 2.24) is 4.90 Å². The van der Waals surface area contributed by atoms with Gasteiger partial charge in [-0.3, -0.25) is 4.79 Å². The van der Waals surface area contributed by atoms with Gasteiger partial charge in [0.15, 0.2) is 9.84 Å². The molecular formula is C7H12ClNO4S. The highest BCUT2D eigenvalue weighted by Crippen LogP contribution is 2.17. The molecule has 1 saturated heterocycles. The fraction of sp³-hybridized carbons (Fsp3) is 0.857. The lowest BCUT2D eigenvalue weighted by molar-refractivity contribution is -0.130. The van der Waals surface area contributed by atoms with E-state index >= 15 is 0 Å². The molecule has 1 amide bonds. The summed E-state index contributed by atoms with van der Waals surface area (Å²) in [7, 11) is -1.77. The molecule has 5 nitrogen and oxygen atoms in total. The van der Waals surface area contributed by atoms with Gasteiger partial charge in [-0.1, -0.05) is 0 Å². The number of hydrogen-bond donors (Lipinski definition) is 1. The minimum atomic E-state index is -3.22. The van der Waals surface area contributed by atoms with E-state index in [0.29, 0.717) is 0 Å². The zero-order chi connectivity index (χ0) is 10.9. The Hall–Kier alpha value is -0.330. The summed E-state index contributed by atoms with van der Waals surface area (Å²) in [5, 5.41) is 9.42. The Morgan fingerprint density at radius 1 is 1.57 bits per heavy atom. The summed E-state index contributed by atoms with van der Waals surface area (Å²) in [6, 6.07) is -0.661. The number of aliphatic hydroxyl groups is 1. The van der Waals surface area contributed by atoms with Crippen LogP contribution in [0.4, 0.5) is 0 Å². The van der Waals surface area contributed by atoms with Gasteiger partial charge in [0.25, 0.3) is 0 Å². The van der Waals surface area contributed by atoms with Crippen LogP contribution in [0.1, 0.15) is 0 Å². The van der Waals surface area contributed by atoms with E-state index < -0.39 is 22.0 Å². The SMILES string of the molecule is CN(C(=O)CCl)C1CS(=O)(=O)CC1O. The quantitative estimate of drug-likeness (QED) is 0.619. The molecule has 0 aromatic carbocycles. The van der Waals surface area contributed by atoms with Gasteiger partial charge in [-0.15, -0.1) is 11.6 Å². The molecule has 1 aliphatic rings. The van der Waals surface area contributed by atoms with E-state index in [-0.39, 0.29) is 23.3 Å². The Morgan fingerprint density at radius 2 is 2.14 bits per heavy atom. The molecule has 1 aliphatic heterocycles. The molecule has 0 aromatic heterocycles. The van der Waals surface area contributed by atoms with Crippen LogP contribution in [-0.4, -0.2) is 60.9 Å². The largest absolute Gasteiger partial charge is 0.390 e. The summed E-state index contributed by atoms with van der Waals surface area (Å²) < 4.78 is 22.3. The Bertz CT molecular complexity index is 329. The van der Waals surface area contributed by atoms with Crippen molar-refractivity contribution in [3.05, 3.63) is 0 Å². The van der Waals surface area contributed by atoms with Crippen molar-refractivity contribution < 1.29 is 18.3 Å². The van der Waals surface area contributed by atoms with Gasteiger partial charge in [0.1, 0.15) is 5.88 Å². The number of rotatable bonds is 2. The number of sulfone groups is 1. The van der Waals surface area contributed by atoms with E-state index in [1.54, 1.807) is 0 Å². The highest BCUT2D eigenvalue weighted by Gasteiger charge is 2.40. The summed E-state index contributed by atoms with van der Waals surface area (Å²) in [6.45, 7) is 0. The average molecular weight is 242 g/mol. The summed E-state index contributed by atoms with van der Waals surface area (Å²) in [5.74, 6) is -1.06. The molecule has 14 heavy (non-hydrogen) atoms. The van der Waals surface area contributed by atoms with Gasteiger partial charge in [0.05, 0.1) is 23.7 Å². The number of alkyl halides is 1. The van der Waals surface area contributed by atoms with Crippen LogP contribution in [0.25, 0.3) is 0 Å². The van der Waals surface area contributed by atoms with Crippen LogP contribution in [0, 0.1) is 0 Å². The third-order valence-electron chi connectivity index (χ3n) is 2.30. The monoisotopic (exact) mass is 241 g/mol. The zero-order valence-electron chi connectivity index (χ0n) is 7.68. The van der Waals surface area contributed by atoms with E-state index in [2.05, 4.69) is 0 Å². The van der Waals surface area contributed by atoms with Crippen LogP contribution in [0.2, 0.25) is 0 Å². The molecule has 7 heteroatoms. The van der Waals surface area contributed by atoms with Crippen LogP contribution in [0.3, 0.4) is 0 Å². The second kappa shape index (κ2) is 4.04. The fourth-order valence-electron chi connectivity index (χ4n) is 1.46. The van der Waals surface area contributed by atoms with Crippen molar-refractivity contribution in [2.75, 3.05) is 24.4 Å². The number of carbonyl (C=O) groups excluding carboxylic acids is 1. The Morgan fingerprint density at radius 3 is 2.50 bits per heavy atom. The molecule has 1 rings (SSSR count). The minimum Gasteiger partial charge on any atom is -0.390 e. The van der Waals surface area contributed by atoms with Crippen molar-refractivity contribution in [3.63, 3.8) is 0 Å². The third-order valence-corrected chi connectivity index (χ3v) is 4.23. The molecule has 0 radical (unpaired) electrons. The number of carbonyl (C=O) groups is 1. The minimum absolute atomic E-state index is 0.187. The Kier molecular flexibility index (Phi) is 3.39. The second-order valence-electron chi connectivity index (χ2n) is 3.35. The van der Waals surface area contributed by atoms with Crippen molar-refractivity contribution >= 4 is 27.3 Å². The van der Waals surface area contributed by atoms with E-state index in [9.17, 15) is 18.3 Å². The van der Waals surface area contributed by atoms with Crippen LogP contribution < -0.4 is 0 Å². The van der Waals surface area contributed by atoms with Crippen molar-refractivity contribution in [2.45, 2.75) is 12.1 Å². The van der Waals surface area contributed by atoms with E-state index in [4.69, 9.17) is 11.6 Å². The summed E-state index contributed by atoms with van der Waals surface area (Å²) >= 11 is 5.32. The summed E-state index contributed by atoms with van der Waals surface area (Å²) in [6.07, 6.45) is -1.00. The molecule has 2 unspecified atom stereocenters. The molecule has 0 bridgehead atoms. The predicted molar refractivity (Wildman–Crippen MR) is 51.9 cm³/mol. The molecule has 1 heterocycles. The molecule has 0 saturated carbocycles. The van der Waals surface area contributed by atoms with E-state index in [0.717, 1.165) is 0 Å². The number of halogens is 1. The number of amides is 1. The number of hydrogen-bond acceptors (Lipinski definition) is 4. The molecule has 0 aliphatic carbocycles. The van der Waals surface area contributed by atoms with Crippen LogP contribution >= 0.6 is 11.6 Å². The van der Waals surface area contributed by atoms with Crippen LogP contribution in [0.5, 0.6) is 0 Å². The highest BCUT2D eigenvalue weighted by atomic mass is 35.5. The van der Waals surface area contributed by atoms with E-state index in [1.807, 2.05) is 0 Å². The number of aliphatic hydroxyl groups excluding tert-OH is 1. The molecule has 0 spiro atoms. The molecule has 2 atom stereocenters. The molecule has 1 N–H and O–H groups in total. The van der Waals surface area contributed by atoms with E-state index in [1.165, 1.54) is 11.9 Å². The molecular weight excluding hydrogens is 230 g/mol. The fourth-order valence-corrected chi connectivity index (χ4v) is 3.49. The van der Waals surface area contributed by atoms with Gasteiger partial charge in [0.2, 0.25) is 5.91 Å². The molecule has 82 valence electrons. The number of nitrogens with zero attached hydrogens (tertiary/aromatic N) is 1. The summed E-state index contributed by atoms with van der Waals surface area (Å²) in [4.78, 5) is 12.3. The van der Waals surface area contributed by atoms with Crippen molar-refractivity contribution in [1.29, 1.82) is 0 Å². The standard InChI is InChI=1S/C7H12ClNO4S/c1-9(7(11)2-8)5-3-14(12,13)4-6(5)10/h5-6,10H,2-4H2,1H3. The molecule has 0 aromatic rings. The van der Waals surface area contributed by atoms with Gasteiger partial charge in [0, 0.05) is 7.05 Å². The van der Waals surface area contributed by atoms with Gasteiger partial charge in [-0.25, -0.2) is 8.42 Å². The second-order valence-corrected chi connectivity index (χ2v) is 5.77. The smallest absolute Gasteiger partial charge is 0.237 e. The lowest BCUT2D eigenvalue weighted by atomic mass is 10.2. The normalized spacial score (nSPS) is 30.2. The predicted octanol–water partition coefficient (Wildman–Crippen LogP) is -1.16. The van der Waals surface area contributed by atoms with Gasteiger partial charge in [-0.2, -0.15) is 0 Å². The molecule has 1 fully saturated rings. The van der Waals surface area contributed by atoms with Gasteiger partial charge in [-0.05, 0) is 0 Å². The zero-order valence-corrected chi connectivity index (χ0v) is 9.25. The highest BCUT2D eigenvalue weighted by molar-refractivity contribution is 7.91. The maximum atomic E-state index is 11.1.